The third-order valence-corrected chi connectivity index (χ3v) is 4.92. The molecule has 1 aliphatic carbocycles. The number of hydrogen-bond donors (Lipinski definition) is 0. The Morgan fingerprint density at radius 1 is 1.07 bits per heavy atom. The summed E-state index contributed by atoms with van der Waals surface area (Å²) >= 11 is 0. The first-order valence-electron chi connectivity index (χ1n) is 8.26. The minimum Gasteiger partial charge on any atom is -0.487 e. The molecular weight excluding hydrogens is 382 g/mol. The second-order valence-corrected chi connectivity index (χ2v) is 6.93. The first kappa shape index (κ1) is 21.7. The van der Waals surface area contributed by atoms with Gasteiger partial charge in [0.1, 0.15) is 12.7 Å². The lowest BCUT2D eigenvalue weighted by Gasteiger charge is -2.12. The number of carbonyl (C=O) groups is 1. The monoisotopic (exact) mass is 401 g/mol. The Morgan fingerprint density at radius 2 is 1.57 bits per heavy atom. The van der Waals surface area contributed by atoms with Crippen molar-refractivity contribution >= 4 is 5.97 Å². The van der Waals surface area contributed by atoms with Crippen molar-refractivity contribution in [1.29, 1.82) is 5.26 Å². The summed E-state index contributed by atoms with van der Waals surface area (Å²) in [4.78, 5) is 12.3. The molecule has 1 saturated carbocycles. The van der Waals surface area contributed by atoms with Gasteiger partial charge in [-0.1, -0.05) is 13.8 Å². The topological polar surface area (TPSA) is 68.5 Å². The van der Waals surface area contributed by atoms with Gasteiger partial charge in [0.25, 0.3) is 0 Å². The highest BCUT2D eigenvalue weighted by molar-refractivity contribution is 5.78. The van der Waals surface area contributed by atoms with Gasteiger partial charge in [0, 0.05) is 13.0 Å². The molecule has 0 heterocycles. The van der Waals surface area contributed by atoms with Crippen molar-refractivity contribution in [2.45, 2.75) is 27.1 Å². The number of rotatable bonds is 7. The zero-order valence-electron chi connectivity index (χ0n) is 15.7. The highest BCUT2D eigenvalue weighted by Crippen LogP contribution is 2.59. The molecule has 5 nitrogen and oxygen atoms in total. The van der Waals surface area contributed by atoms with Crippen LogP contribution in [-0.2, 0) is 32.2 Å². The molecule has 1 aromatic rings. The van der Waals surface area contributed by atoms with Crippen LogP contribution < -0.4 is 0 Å². The van der Waals surface area contributed by atoms with Gasteiger partial charge in [0.05, 0.1) is 30.8 Å². The Morgan fingerprint density at radius 3 is 2.00 bits per heavy atom. The van der Waals surface area contributed by atoms with E-state index >= 15 is 0 Å². The molecule has 28 heavy (non-hydrogen) atoms. The maximum absolute atomic E-state index is 14.1. The van der Waals surface area contributed by atoms with Gasteiger partial charge in [-0.05, 0) is 11.5 Å². The van der Waals surface area contributed by atoms with Crippen LogP contribution in [0, 0.1) is 51.9 Å². The average molecular weight is 401 g/mol. The van der Waals surface area contributed by atoms with Crippen molar-refractivity contribution in [2.24, 2.45) is 17.3 Å². The van der Waals surface area contributed by atoms with Crippen molar-refractivity contribution < 1.29 is 36.6 Å². The van der Waals surface area contributed by atoms with E-state index in [0.29, 0.717) is 0 Å². The average Bonchev–Trinajstić information content (AvgIpc) is 3.21. The van der Waals surface area contributed by atoms with Gasteiger partial charge in [-0.3, -0.25) is 4.79 Å². The van der Waals surface area contributed by atoms with Crippen molar-refractivity contribution in [3.8, 4) is 6.07 Å². The molecule has 2 rings (SSSR count). The maximum atomic E-state index is 14.1. The maximum Gasteiger partial charge on any atom is 0.310 e. The SMILES string of the molecule is COCc1c(F)c(F)c(COC(=O)[C@@H]2[C@@H](/C=C(\C#N)OC)C2(C)C)c(F)c1F. The number of hydrogen-bond acceptors (Lipinski definition) is 5. The molecule has 0 N–H and O–H groups in total. The van der Waals surface area contributed by atoms with Crippen LogP contribution in [0.1, 0.15) is 25.0 Å². The number of nitrogens with zero attached hydrogens (tertiary/aromatic N) is 1. The summed E-state index contributed by atoms with van der Waals surface area (Å²) in [5, 5.41) is 8.90. The number of carbonyl (C=O) groups excluding carboxylic acids is 1. The zero-order chi connectivity index (χ0) is 21.2. The number of benzene rings is 1. The van der Waals surface area contributed by atoms with Crippen LogP contribution in [-0.4, -0.2) is 20.2 Å². The van der Waals surface area contributed by atoms with Gasteiger partial charge in [0.2, 0.25) is 0 Å². The van der Waals surface area contributed by atoms with E-state index in [-0.39, 0.29) is 11.7 Å². The smallest absolute Gasteiger partial charge is 0.310 e. The molecule has 0 bridgehead atoms. The van der Waals surface area contributed by atoms with Crippen molar-refractivity contribution in [3.63, 3.8) is 0 Å². The Balaban J connectivity index is 2.18. The molecular formula is C19H19F4NO4. The standard InChI is InChI=1S/C19H19F4NO4/c1-19(2)12(5-9(6-24)27-4)13(19)18(25)28-8-11-16(22)14(20)10(7-26-3)15(21)17(11)23/h5,12-13H,7-8H2,1-4H3/b9-5+/t12-,13+/m1/s1. The van der Waals surface area contributed by atoms with Crippen LogP contribution in [0.3, 0.4) is 0 Å². The van der Waals surface area contributed by atoms with Crippen molar-refractivity contribution in [2.75, 3.05) is 14.2 Å². The van der Waals surface area contributed by atoms with Gasteiger partial charge < -0.3 is 14.2 Å². The van der Waals surface area contributed by atoms with Gasteiger partial charge in [-0.25, -0.2) is 17.6 Å². The molecule has 1 fully saturated rings. The fourth-order valence-corrected chi connectivity index (χ4v) is 3.11. The van der Waals surface area contributed by atoms with Crippen molar-refractivity contribution in [1.82, 2.24) is 0 Å². The van der Waals surface area contributed by atoms with E-state index in [2.05, 4.69) is 4.74 Å². The van der Waals surface area contributed by atoms with Crippen LogP contribution >= 0.6 is 0 Å². The van der Waals surface area contributed by atoms with Crippen LogP contribution in [0.4, 0.5) is 17.6 Å². The highest BCUT2D eigenvalue weighted by Gasteiger charge is 2.62. The van der Waals surface area contributed by atoms with E-state index in [0.717, 1.165) is 7.11 Å². The van der Waals surface area contributed by atoms with Crippen molar-refractivity contribution in [3.05, 3.63) is 46.2 Å². The van der Waals surface area contributed by atoms with Crippen LogP contribution in [0.5, 0.6) is 0 Å². The third kappa shape index (κ3) is 3.83. The van der Waals surface area contributed by atoms with Gasteiger partial charge in [-0.15, -0.1) is 0 Å². The molecule has 1 aromatic carbocycles. The summed E-state index contributed by atoms with van der Waals surface area (Å²) in [6.45, 7) is 1.85. The molecule has 0 radical (unpaired) electrons. The quantitative estimate of drug-likeness (QED) is 0.229. The number of allylic oxidation sites excluding steroid dienone is 2. The van der Waals surface area contributed by atoms with Crippen LogP contribution in [0.25, 0.3) is 0 Å². The van der Waals surface area contributed by atoms with Gasteiger partial charge in [-0.2, -0.15) is 5.26 Å². The second-order valence-electron chi connectivity index (χ2n) is 6.93. The molecule has 1 aliphatic rings. The summed E-state index contributed by atoms with van der Waals surface area (Å²) in [6.07, 6.45) is 1.46. The van der Waals surface area contributed by atoms with E-state index in [1.165, 1.54) is 13.2 Å². The molecule has 0 spiro atoms. The minimum absolute atomic E-state index is 0.0170. The lowest BCUT2D eigenvalue weighted by molar-refractivity contribution is -0.147. The fourth-order valence-electron chi connectivity index (χ4n) is 3.11. The number of nitriles is 1. The minimum atomic E-state index is -1.64. The fraction of sp³-hybridized carbons (Fsp3) is 0.474. The Bertz CT molecular complexity index is 831. The highest BCUT2D eigenvalue weighted by atomic mass is 19.2. The third-order valence-electron chi connectivity index (χ3n) is 4.92. The molecule has 0 aromatic heterocycles. The normalized spacial score (nSPS) is 20.5. The first-order chi connectivity index (χ1) is 13.1. The molecule has 0 unspecified atom stereocenters. The van der Waals surface area contributed by atoms with Gasteiger partial charge in [0.15, 0.2) is 29.0 Å². The molecule has 9 heteroatoms. The van der Waals surface area contributed by atoms with Crippen LogP contribution in [0.2, 0.25) is 0 Å². The molecule has 0 aliphatic heterocycles. The van der Waals surface area contributed by atoms with Crippen LogP contribution in [0.15, 0.2) is 11.8 Å². The first-order valence-corrected chi connectivity index (χ1v) is 8.26. The molecule has 0 amide bonds. The molecule has 0 saturated heterocycles. The predicted octanol–water partition coefficient (Wildman–Crippen LogP) is 3.76. The number of methoxy groups -OCH3 is 2. The number of ether oxygens (including phenoxy) is 3. The lowest BCUT2D eigenvalue weighted by Crippen LogP contribution is -2.15. The summed E-state index contributed by atoms with van der Waals surface area (Å²) in [7, 11) is 2.42. The van der Waals surface area contributed by atoms with E-state index < -0.39 is 64.9 Å². The Kier molecular flexibility index (Phi) is 6.34. The van der Waals surface area contributed by atoms with Gasteiger partial charge >= 0.3 is 5.97 Å². The predicted molar refractivity (Wildman–Crippen MR) is 88.2 cm³/mol. The Hall–Kier alpha value is -2.60. The van der Waals surface area contributed by atoms with E-state index in [1.54, 1.807) is 13.8 Å². The summed E-state index contributed by atoms with van der Waals surface area (Å²) < 4.78 is 70.3. The van der Waals surface area contributed by atoms with E-state index in [4.69, 9.17) is 14.7 Å². The summed E-state index contributed by atoms with van der Waals surface area (Å²) in [6, 6.07) is 1.82. The lowest BCUT2D eigenvalue weighted by atomic mass is 10.1. The Labute approximate surface area is 159 Å². The summed E-state index contributed by atoms with van der Waals surface area (Å²) in [5.41, 5.74) is -2.48. The molecule has 2 atom stereocenters. The zero-order valence-corrected chi connectivity index (χ0v) is 15.7. The van der Waals surface area contributed by atoms with E-state index in [9.17, 15) is 22.4 Å². The second kappa shape index (κ2) is 8.19. The number of esters is 1. The molecule has 152 valence electrons. The van der Waals surface area contributed by atoms with E-state index in [1.807, 2.05) is 6.07 Å². The largest absolute Gasteiger partial charge is 0.487 e. The summed E-state index contributed by atoms with van der Waals surface area (Å²) in [5.74, 6) is -8.35. The number of halogens is 4.